The van der Waals surface area contributed by atoms with Crippen LogP contribution in [0.5, 0.6) is 5.75 Å². The molecule has 2 aromatic rings. The second-order valence-electron chi connectivity index (χ2n) is 4.24. The Morgan fingerprint density at radius 3 is 2.65 bits per heavy atom. The van der Waals surface area contributed by atoms with Gasteiger partial charge in [-0.25, -0.2) is 4.39 Å². The first-order valence-electron chi connectivity index (χ1n) is 6.21. The molecule has 1 aromatic carbocycles. The van der Waals surface area contributed by atoms with Gasteiger partial charge in [0.25, 0.3) is 5.91 Å². The highest BCUT2D eigenvalue weighted by Gasteiger charge is 2.11. The number of para-hydroxylation sites is 1. The van der Waals surface area contributed by atoms with E-state index >= 15 is 0 Å². The molecule has 1 aromatic heterocycles. The van der Waals surface area contributed by atoms with Crippen LogP contribution in [-0.2, 0) is 0 Å². The van der Waals surface area contributed by atoms with Crippen molar-refractivity contribution in [2.75, 3.05) is 20.2 Å². The van der Waals surface area contributed by atoms with Crippen molar-refractivity contribution in [1.82, 2.24) is 9.88 Å². The predicted molar refractivity (Wildman–Crippen MR) is 73.1 cm³/mol. The number of benzene rings is 1. The fraction of sp³-hybridized carbons (Fsp3) is 0.200. The van der Waals surface area contributed by atoms with E-state index in [0.717, 1.165) is 0 Å². The summed E-state index contributed by atoms with van der Waals surface area (Å²) in [4.78, 5) is 17.4. The molecule has 1 heterocycles. The fourth-order valence-electron chi connectivity index (χ4n) is 1.67. The molecule has 0 atom stereocenters. The molecule has 0 aliphatic rings. The number of hydrogen-bond acceptors (Lipinski definition) is 3. The van der Waals surface area contributed by atoms with E-state index in [9.17, 15) is 9.18 Å². The van der Waals surface area contributed by atoms with Crippen LogP contribution in [0.25, 0.3) is 0 Å². The average molecular weight is 274 g/mol. The molecule has 0 unspecified atom stereocenters. The summed E-state index contributed by atoms with van der Waals surface area (Å²) in [6.45, 7) is 0.601. The van der Waals surface area contributed by atoms with Crippen molar-refractivity contribution in [3.63, 3.8) is 0 Å². The Hall–Kier alpha value is -2.43. The van der Waals surface area contributed by atoms with Crippen LogP contribution >= 0.6 is 0 Å². The summed E-state index contributed by atoms with van der Waals surface area (Å²) in [6, 6.07) is 9.49. The molecular formula is C15H15FN2O2. The van der Waals surface area contributed by atoms with Crippen molar-refractivity contribution >= 4 is 5.91 Å². The maximum Gasteiger partial charge on any atom is 0.253 e. The number of likely N-dealkylation sites (N-methyl/N-ethyl adjacent to an activating group) is 1. The highest BCUT2D eigenvalue weighted by Crippen LogP contribution is 2.15. The Morgan fingerprint density at radius 2 is 1.95 bits per heavy atom. The monoisotopic (exact) mass is 274 g/mol. The van der Waals surface area contributed by atoms with Gasteiger partial charge in [0.05, 0.1) is 6.54 Å². The molecule has 0 bridgehead atoms. The van der Waals surface area contributed by atoms with Gasteiger partial charge in [-0.2, -0.15) is 0 Å². The normalized spacial score (nSPS) is 10.1. The van der Waals surface area contributed by atoms with E-state index in [2.05, 4.69) is 4.98 Å². The lowest BCUT2D eigenvalue weighted by molar-refractivity contribution is 0.0773. The van der Waals surface area contributed by atoms with Gasteiger partial charge in [-0.3, -0.25) is 9.78 Å². The molecular weight excluding hydrogens is 259 g/mol. The van der Waals surface area contributed by atoms with Crippen LogP contribution < -0.4 is 4.74 Å². The van der Waals surface area contributed by atoms with Crippen molar-refractivity contribution in [2.45, 2.75) is 0 Å². The molecule has 0 spiro atoms. The van der Waals surface area contributed by atoms with E-state index in [0.29, 0.717) is 12.1 Å². The number of ether oxygens (including phenoxy) is 1. The standard InChI is InChI=1S/C15H15FN2O2/c1-18(15(19)12-6-8-17-9-7-12)10-11-20-14-5-3-2-4-13(14)16/h2-9H,10-11H2,1H3. The largest absolute Gasteiger partial charge is 0.489 e. The van der Waals surface area contributed by atoms with E-state index in [4.69, 9.17) is 4.74 Å². The zero-order valence-electron chi connectivity index (χ0n) is 11.1. The summed E-state index contributed by atoms with van der Waals surface area (Å²) in [7, 11) is 1.67. The van der Waals surface area contributed by atoms with Crippen LogP contribution in [0.15, 0.2) is 48.8 Å². The summed E-state index contributed by atoms with van der Waals surface area (Å²) in [5, 5.41) is 0. The molecule has 2 rings (SSSR count). The molecule has 0 aliphatic heterocycles. The molecule has 0 saturated heterocycles. The number of halogens is 1. The van der Waals surface area contributed by atoms with Crippen molar-refractivity contribution in [3.05, 3.63) is 60.2 Å². The van der Waals surface area contributed by atoms with Crippen LogP contribution in [0, 0.1) is 5.82 Å². The van der Waals surface area contributed by atoms with Gasteiger partial charge >= 0.3 is 0 Å². The Balaban J connectivity index is 1.85. The number of carbonyl (C=O) groups excluding carboxylic acids is 1. The number of hydrogen-bond donors (Lipinski definition) is 0. The molecule has 104 valence electrons. The second kappa shape index (κ2) is 6.65. The van der Waals surface area contributed by atoms with E-state index in [1.807, 2.05) is 0 Å². The molecule has 0 saturated carbocycles. The molecule has 0 fully saturated rings. The Labute approximate surface area is 116 Å². The van der Waals surface area contributed by atoms with Crippen molar-refractivity contribution in [2.24, 2.45) is 0 Å². The Kier molecular flexibility index (Phi) is 4.65. The third-order valence-electron chi connectivity index (χ3n) is 2.79. The van der Waals surface area contributed by atoms with E-state index < -0.39 is 5.82 Å². The lowest BCUT2D eigenvalue weighted by Gasteiger charge is -2.17. The molecule has 5 heteroatoms. The third-order valence-corrected chi connectivity index (χ3v) is 2.79. The number of rotatable bonds is 5. The Bertz CT molecular complexity index is 575. The first-order chi connectivity index (χ1) is 9.68. The summed E-state index contributed by atoms with van der Waals surface area (Å²) >= 11 is 0. The minimum absolute atomic E-state index is 0.121. The maximum atomic E-state index is 13.3. The van der Waals surface area contributed by atoms with Gasteiger partial charge in [0.2, 0.25) is 0 Å². The van der Waals surface area contributed by atoms with Crippen LogP contribution in [0.2, 0.25) is 0 Å². The first kappa shape index (κ1) is 14.0. The van der Waals surface area contributed by atoms with Crippen molar-refractivity contribution in [3.8, 4) is 5.75 Å². The molecule has 20 heavy (non-hydrogen) atoms. The minimum Gasteiger partial charge on any atom is -0.489 e. The molecule has 1 amide bonds. The zero-order valence-corrected chi connectivity index (χ0v) is 11.1. The smallest absolute Gasteiger partial charge is 0.253 e. The van der Waals surface area contributed by atoms with E-state index in [1.54, 1.807) is 49.8 Å². The third kappa shape index (κ3) is 3.54. The van der Waals surface area contributed by atoms with Gasteiger partial charge < -0.3 is 9.64 Å². The quantitative estimate of drug-likeness (QED) is 0.840. The van der Waals surface area contributed by atoms with Crippen LogP contribution in [0.4, 0.5) is 4.39 Å². The lowest BCUT2D eigenvalue weighted by atomic mass is 10.2. The molecule has 4 nitrogen and oxygen atoms in total. The average Bonchev–Trinajstić information content (AvgIpc) is 2.49. The molecule has 0 radical (unpaired) electrons. The molecule has 0 aliphatic carbocycles. The first-order valence-corrected chi connectivity index (χ1v) is 6.21. The van der Waals surface area contributed by atoms with Gasteiger partial charge in [0, 0.05) is 25.0 Å². The van der Waals surface area contributed by atoms with Crippen LogP contribution in [-0.4, -0.2) is 36.0 Å². The van der Waals surface area contributed by atoms with Crippen molar-refractivity contribution in [1.29, 1.82) is 0 Å². The second-order valence-corrected chi connectivity index (χ2v) is 4.24. The molecule has 0 N–H and O–H groups in total. The lowest BCUT2D eigenvalue weighted by Crippen LogP contribution is -2.30. The SMILES string of the molecule is CN(CCOc1ccccc1F)C(=O)c1ccncc1. The summed E-state index contributed by atoms with van der Waals surface area (Å²) < 4.78 is 18.6. The van der Waals surface area contributed by atoms with Gasteiger partial charge in [-0.15, -0.1) is 0 Å². The predicted octanol–water partition coefficient (Wildman–Crippen LogP) is 2.37. The maximum absolute atomic E-state index is 13.3. The summed E-state index contributed by atoms with van der Waals surface area (Å²) in [5.74, 6) is -0.336. The topological polar surface area (TPSA) is 42.4 Å². The minimum atomic E-state index is -0.407. The highest BCUT2D eigenvalue weighted by atomic mass is 19.1. The fourth-order valence-corrected chi connectivity index (χ4v) is 1.67. The summed E-state index contributed by atoms with van der Waals surface area (Å²) in [6.07, 6.45) is 3.13. The van der Waals surface area contributed by atoms with E-state index in [-0.39, 0.29) is 18.3 Å². The van der Waals surface area contributed by atoms with Crippen LogP contribution in [0.3, 0.4) is 0 Å². The number of aromatic nitrogens is 1. The zero-order chi connectivity index (χ0) is 14.4. The van der Waals surface area contributed by atoms with Crippen LogP contribution in [0.1, 0.15) is 10.4 Å². The number of pyridine rings is 1. The number of nitrogens with zero attached hydrogens (tertiary/aromatic N) is 2. The van der Waals surface area contributed by atoms with Gasteiger partial charge in [-0.1, -0.05) is 12.1 Å². The van der Waals surface area contributed by atoms with Gasteiger partial charge in [-0.05, 0) is 24.3 Å². The van der Waals surface area contributed by atoms with Crippen molar-refractivity contribution < 1.29 is 13.9 Å². The number of carbonyl (C=O) groups is 1. The summed E-state index contributed by atoms with van der Waals surface area (Å²) in [5.41, 5.74) is 0.563. The van der Waals surface area contributed by atoms with Gasteiger partial charge in [0.15, 0.2) is 11.6 Å². The van der Waals surface area contributed by atoms with Gasteiger partial charge in [0.1, 0.15) is 6.61 Å². The van der Waals surface area contributed by atoms with E-state index in [1.165, 1.54) is 11.0 Å². The number of amides is 1. The highest BCUT2D eigenvalue weighted by molar-refractivity contribution is 5.93. The Morgan fingerprint density at radius 1 is 1.25 bits per heavy atom.